The molecule has 1 saturated heterocycles. The Morgan fingerprint density at radius 2 is 1.63 bits per heavy atom. The number of hydrogen-bond donors (Lipinski definition) is 1. The molecule has 7 nitrogen and oxygen atoms in total. The molecule has 1 heterocycles. The molecule has 7 heteroatoms. The molecular weight excluding hydrogens is 484 g/mol. The molecule has 0 aromatic carbocycles. The van der Waals surface area contributed by atoms with Crippen LogP contribution < -0.4 is 0 Å². The van der Waals surface area contributed by atoms with Crippen LogP contribution in [0.4, 0.5) is 0 Å². The van der Waals surface area contributed by atoms with E-state index in [0.29, 0.717) is 24.7 Å². The zero-order valence-corrected chi connectivity index (χ0v) is 25.1. The van der Waals surface area contributed by atoms with Crippen LogP contribution in [-0.4, -0.2) is 45.9 Å². The Hall–Kier alpha value is -1.63. The third kappa shape index (κ3) is 4.90. The second-order valence-electron chi connectivity index (χ2n) is 15.3. The van der Waals surface area contributed by atoms with Gasteiger partial charge in [0.25, 0.3) is 0 Å². The lowest BCUT2D eigenvalue weighted by Gasteiger charge is -2.65. The predicted molar refractivity (Wildman–Crippen MR) is 143 cm³/mol. The van der Waals surface area contributed by atoms with Gasteiger partial charge in [-0.3, -0.25) is 14.4 Å². The van der Waals surface area contributed by atoms with Gasteiger partial charge in [0.15, 0.2) is 6.10 Å². The largest absolute Gasteiger partial charge is 0.458 e. The van der Waals surface area contributed by atoms with Crippen LogP contribution in [0.2, 0.25) is 0 Å². The van der Waals surface area contributed by atoms with Gasteiger partial charge in [-0.1, -0.05) is 20.8 Å². The fraction of sp³-hybridized carbons (Fsp3) is 0.903. The van der Waals surface area contributed by atoms with Crippen LogP contribution in [0.25, 0.3) is 0 Å². The quantitative estimate of drug-likeness (QED) is 0.297. The van der Waals surface area contributed by atoms with Crippen molar-refractivity contribution in [2.24, 2.45) is 34.0 Å². The molecule has 0 spiro atoms. The van der Waals surface area contributed by atoms with Crippen LogP contribution >= 0.6 is 0 Å². The van der Waals surface area contributed by atoms with Crippen molar-refractivity contribution in [1.82, 2.24) is 0 Å². The lowest BCUT2D eigenvalue weighted by Crippen LogP contribution is -2.65. The summed E-state index contributed by atoms with van der Waals surface area (Å²) >= 11 is 0. The summed E-state index contributed by atoms with van der Waals surface area (Å²) in [4.78, 5) is 39.2. The highest BCUT2D eigenvalue weighted by Gasteiger charge is 2.65. The fourth-order valence-corrected chi connectivity index (χ4v) is 8.61. The molecular formula is C31H50O7. The summed E-state index contributed by atoms with van der Waals surface area (Å²) in [5.41, 5.74) is -4.37. The maximum Gasteiger partial charge on any atom is 0.312 e. The number of esters is 3. The van der Waals surface area contributed by atoms with E-state index in [4.69, 9.17) is 14.2 Å². The van der Waals surface area contributed by atoms with Gasteiger partial charge in [0.1, 0.15) is 11.2 Å². The van der Waals surface area contributed by atoms with Crippen LogP contribution in [0.5, 0.6) is 0 Å². The normalized spacial score (nSPS) is 36.9. The van der Waals surface area contributed by atoms with Crippen LogP contribution in [0.3, 0.4) is 0 Å². The summed E-state index contributed by atoms with van der Waals surface area (Å²) in [6.45, 7) is 17.2. The van der Waals surface area contributed by atoms with E-state index in [1.807, 2.05) is 13.8 Å². The Morgan fingerprint density at radius 3 is 2.08 bits per heavy atom. The van der Waals surface area contributed by atoms with Crippen molar-refractivity contribution in [3.63, 3.8) is 0 Å². The molecule has 1 N–H and O–H groups in total. The molecule has 4 bridgehead atoms. The molecule has 5 aliphatic rings. The van der Waals surface area contributed by atoms with Crippen molar-refractivity contribution < 1.29 is 33.7 Å². The number of carbonyl (C=O) groups is 3. The van der Waals surface area contributed by atoms with Gasteiger partial charge in [0.05, 0.1) is 22.9 Å². The minimum absolute atomic E-state index is 0.0328. The first-order chi connectivity index (χ1) is 17.3. The number of cyclic esters (lactones) is 1. The van der Waals surface area contributed by atoms with E-state index in [9.17, 15) is 19.5 Å². The van der Waals surface area contributed by atoms with E-state index in [1.54, 1.807) is 27.7 Å². The van der Waals surface area contributed by atoms with Crippen molar-refractivity contribution in [2.75, 3.05) is 0 Å². The summed E-state index contributed by atoms with van der Waals surface area (Å²) in [5, 5.41) is 11.4. The lowest BCUT2D eigenvalue weighted by atomic mass is 9.43. The van der Waals surface area contributed by atoms with Crippen LogP contribution in [0.15, 0.2) is 0 Å². The third-order valence-corrected chi connectivity index (χ3v) is 10.9. The van der Waals surface area contributed by atoms with Crippen molar-refractivity contribution in [3.8, 4) is 0 Å². The Kier molecular flexibility index (Phi) is 7.11. The fourth-order valence-electron chi connectivity index (χ4n) is 8.61. The molecule has 5 rings (SSSR count). The summed E-state index contributed by atoms with van der Waals surface area (Å²) in [5.74, 6) is -0.0711. The highest BCUT2D eigenvalue weighted by atomic mass is 16.6. The Morgan fingerprint density at radius 1 is 1.05 bits per heavy atom. The van der Waals surface area contributed by atoms with E-state index >= 15 is 0 Å². The number of carbonyl (C=O) groups excluding carboxylic acids is 3. The minimum Gasteiger partial charge on any atom is -0.458 e. The van der Waals surface area contributed by atoms with Gasteiger partial charge in [-0.05, 0) is 111 Å². The Balaban J connectivity index is 1.53. The van der Waals surface area contributed by atoms with Gasteiger partial charge in [0.2, 0.25) is 0 Å². The van der Waals surface area contributed by atoms with Crippen molar-refractivity contribution in [3.05, 3.63) is 0 Å². The molecule has 0 aromatic rings. The maximum atomic E-state index is 14.1. The minimum atomic E-state index is -0.977. The first-order valence-corrected chi connectivity index (χ1v) is 14.7. The molecule has 0 amide bonds. The molecule has 5 fully saturated rings. The molecule has 216 valence electrons. The van der Waals surface area contributed by atoms with Gasteiger partial charge in [-0.2, -0.15) is 0 Å². The van der Waals surface area contributed by atoms with E-state index in [-0.39, 0.29) is 36.1 Å². The van der Waals surface area contributed by atoms with Crippen molar-refractivity contribution >= 4 is 17.9 Å². The maximum absolute atomic E-state index is 14.1. The monoisotopic (exact) mass is 534 g/mol. The average Bonchev–Trinajstić information content (AvgIpc) is 3.01. The standard InChI is InChI=1S/C31H50O7/c1-10-28(8,17-26(4,5)24(33)36-22-12-23(32)37-27(22,6)7)25(34)38-29(9,19(2)3)30-13-20-11-21(14-30)16-31(35,15-20)18-30/h19-22,35H,10-18H2,1-9H3. The second-order valence-corrected chi connectivity index (χ2v) is 15.3. The highest BCUT2D eigenvalue weighted by molar-refractivity contribution is 5.81. The Labute approximate surface area is 228 Å². The Bertz CT molecular complexity index is 967. The zero-order chi connectivity index (χ0) is 28.5. The van der Waals surface area contributed by atoms with E-state index in [0.717, 1.165) is 25.7 Å². The van der Waals surface area contributed by atoms with Gasteiger partial charge in [-0.25, -0.2) is 0 Å². The molecule has 38 heavy (non-hydrogen) atoms. The predicted octanol–water partition coefficient (Wildman–Crippen LogP) is 5.75. The summed E-state index contributed by atoms with van der Waals surface area (Å²) in [6.07, 6.45) is 5.71. The van der Waals surface area contributed by atoms with Crippen LogP contribution in [0, 0.1) is 34.0 Å². The topological polar surface area (TPSA) is 99.1 Å². The summed E-state index contributed by atoms with van der Waals surface area (Å²) in [7, 11) is 0. The van der Waals surface area contributed by atoms with Gasteiger partial charge in [0, 0.05) is 5.41 Å². The number of rotatable bonds is 9. The summed E-state index contributed by atoms with van der Waals surface area (Å²) in [6, 6.07) is 0. The molecule has 0 radical (unpaired) electrons. The van der Waals surface area contributed by atoms with Gasteiger partial charge in [-0.15, -0.1) is 0 Å². The van der Waals surface area contributed by atoms with Crippen molar-refractivity contribution in [1.29, 1.82) is 0 Å². The second kappa shape index (κ2) is 9.21. The first-order valence-electron chi connectivity index (χ1n) is 14.7. The van der Waals surface area contributed by atoms with E-state index < -0.39 is 39.7 Å². The van der Waals surface area contributed by atoms with Gasteiger partial charge < -0.3 is 19.3 Å². The van der Waals surface area contributed by atoms with Crippen molar-refractivity contribution in [2.45, 2.75) is 143 Å². The third-order valence-electron chi connectivity index (χ3n) is 10.9. The van der Waals surface area contributed by atoms with E-state index in [1.165, 1.54) is 6.42 Å². The molecule has 4 saturated carbocycles. The number of aliphatic hydroxyl groups is 1. The van der Waals surface area contributed by atoms with Crippen LogP contribution in [0.1, 0.15) is 120 Å². The van der Waals surface area contributed by atoms with Gasteiger partial charge >= 0.3 is 17.9 Å². The number of hydrogen-bond acceptors (Lipinski definition) is 7. The number of ether oxygens (including phenoxy) is 3. The van der Waals surface area contributed by atoms with Crippen LogP contribution in [-0.2, 0) is 28.6 Å². The smallest absolute Gasteiger partial charge is 0.312 e. The first kappa shape index (κ1) is 29.4. The lowest BCUT2D eigenvalue weighted by molar-refractivity contribution is -0.252. The molecule has 5 atom stereocenters. The molecule has 4 aliphatic carbocycles. The average molecular weight is 535 g/mol. The van der Waals surface area contributed by atoms with E-state index in [2.05, 4.69) is 20.8 Å². The zero-order valence-electron chi connectivity index (χ0n) is 25.1. The molecule has 5 unspecified atom stereocenters. The molecule has 1 aliphatic heterocycles. The SMILES string of the molecule is CCC(C)(CC(C)(C)C(=O)OC1CC(=O)OC1(C)C)C(=O)OC(C)(C(C)C)C12CC3CC(CC(O)(C3)C1)C2. The highest BCUT2D eigenvalue weighted by Crippen LogP contribution is 2.67. The molecule has 0 aromatic heterocycles. The summed E-state index contributed by atoms with van der Waals surface area (Å²) < 4.78 is 17.7.